The average Bonchev–Trinajstić information content (AvgIpc) is 2.73. The van der Waals surface area contributed by atoms with Crippen molar-refractivity contribution in [1.29, 1.82) is 0 Å². The van der Waals surface area contributed by atoms with Gasteiger partial charge in [-0.05, 0) is 38.5 Å². The Morgan fingerprint density at radius 1 is 1.12 bits per heavy atom. The van der Waals surface area contributed by atoms with E-state index in [-0.39, 0.29) is 66.4 Å². The fraction of sp³-hybridized carbons (Fsp3) is 0.250. The second-order valence-corrected chi connectivity index (χ2v) is 9.08. The molecule has 3 aromatic rings. The Bertz CT molecular complexity index is 1170. The number of amides is 1. The largest absolute Gasteiger partial charge is 0.501 e. The first-order valence-electron chi connectivity index (χ1n) is 10.0. The van der Waals surface area contributed by atoms with Crippen LogP contribution in [0.3, 0.4) is 0 Å². The Kier molecular flexibility index (Phi) is 9.83. The number of hydrogen-bond donors (Lipinski definition) is 2. The van der Waals surface area contributed by atoms with E-state index in [0.29, 0.717) is 23.1 Å². The van der Waals surface area contributed by atoms with E-state index in [9.17, 15) is 14.7 Å². The SMILES string of the molecule is CC(C)(C)n1ncc(CO)c(-c2ccc(C[CH-]NC(=O)c3c(Cl)cccc3Cl)cc2)c1=O.[Y]. The summed E-state index contributed by atoms with van der Waals surface area (Å²) in [5.41, 5.74) is 2.00. The molecule has 0 spiro atoms. The van der Waals surface area contributed by atoms with Crippen molar-refractivity contribution in [3.8, 4) is 11.1 Å². The Balaban J connectivity index is 0.00000385. The van der Waals surface area contributed by atoms with E-state index in [1.807, 2.05) is 45.0 Å². The molecule has 3 rings (SSSR count). The van der Waals surface area contributed by atoms with Crippen LogP contribution in [-0.2, 0) is 51.3 Å². The molecule has 2 aromatic carbocycles. The van der Waals surface area contributed by atoms with Crippen LogP contribution in [0.5, 0.6) is 0 Å². The second-order valence-electron chi connectivity index (χ2n) is 8.27. The van der Waals surface area contributed by atoms with Gasteiger partial charge < -0.3 is 10.4 Å². The summed E-state index contributed by atoms with van der Waals surface area (Å²) < 4.78 is 1.42. The first-order valence-corrected chi connectivity index (χ1v) is 10.8. The van der Waals surface area contributed by atoms with Gasteiger partial charge in [0, 0.05) is 38.3 Å². The fourth-order valence-corrected chi connectivity index (χ4v) is 3.82. The van der Waals surface area contributed by atoms with Crippen molar-refractivity contribution in [3.63, 3.8) is 0 Å². The third-order valence-electron chi connectivity index (χ3n) is 4.87. The molecule has 171 valence electrons. The van der Waals surface area contributed by atoms with E-state index in [1.54, 1.807) is 24.7 Å². The van der Waals surface area contributed by atoms with Crippen LogP contribution >= 0.6 is 23.2 Å². The van der Waals surface area contributed by atoms with Crippen LogP contribution in [0.4, 0.5) is 0 Å². The molecule has 0 aliphatic rings. The van der Waals surface area contributed by atoms with Crippen molar-refractivity contribution in [2.45, 2.75) is 39.3 Å². The molecule has 9 heteroatoms. The van der Waals surface area contributed by atoms with Gasteiger partial charge in [0.15, 0.2) is 0 Å². The molecule has 6 nitrogen and oxygen atoms in total. The number of carbonyl (C=O) groups is 1. The predicted octanol–water partition coefficient (Wildman–Crippen LogP) is 4.60. The Hall–Kier alpha value is -1.57. The smallest absolute Gasteiger partial charge is 0.275 e. The summed E-state index contributed by atoms with van der Waals surface area (Å²) in [4.78, 5) is 25.4. The molecule has 1 aromatic heterocycles. The van der Waals surface area contributed by atoms with Crippen LogP contribution in [0, 0.1) is 6.54 Å². The zero-order valence-electron chi connectivity index (χ0n) is 18.6. The van der Waals surface area contributed by atoms with Crippen LogP contribution in [-0.4, -0.2) is 20.8 Å². The molecule has 1 amide bonds. The number of rotatable bonds is 6. The van der Waals surface area contributed by atoms with Gasteiger partial charge >= 0.3 is 0 Å². The molecular formula is C24H24Cl2N3O3Y-. The van der Waals surface area contributed by atoms with E-state index in [0.717, 1.165) is 5.56 Å². The van der Waals surface area contributed by atoms with Gasteiger partial charge in [-0.15, -0.1) is 6.42 Å². The van der Waals surface area contributed by atoms with Crippen LogP contribution in [0.25, 0.3) is 11.1 Å². The molecular weight excluding hydrogens is 538 g/mol. The number of aliphatic hydroxyl groups is 1. The van der Waals surface area contributed by atoms with E-state index in [2.05, 4.69) is 10.4 Å². The maximum atomic E-state index is 13.0. The number of nitrogens with zero attached hydrogens (tertiary/aromatic N) is 2. The molecule has 0 saturated carbocycles. The number of benzene rings is 2. The Morgan fingerprint density at radius 3 is 2.27 bits per heavy atom. The van der Waals surface area contributed by atoms with Gasteiger partial charge in [0.2, 0.25) is 5.91 Å². The van der Waals surface area contributed by atoms with E-state index >= 15 is 0 Å². The quantitative estimate of drug-likeness (QED) is 0.431. The van der Waals surface area contributed by atoms with Gasteiger partial charge in [-0.1, -0.05) is 59.1 Å². The van der Waals surface area contributed by atoms with Gasteiger partial charge in [0.05, 0.1) is 39.5 Å². The average molecular weight is 562 g/mol. The number of carbonyl (C=O) groups excluding carboxylic acids is 1. The van der Waals surface area contributed by atoms with Crippen LogP contribution in [0.1, 0.15) is 42.3 Å². The van der Waals surface area contributed by atoms with Crippen molar-refractivity contribution < 1.29 is 42.6 Å². The molecule has 0 atom stereocenters. The van der Waals surface area contributed by atoms with Gasteiger partial charge in [0.25, 0.3) is 5.56 Å². The first kappa shape index (κ1) is 27.7. The molecule has 33 heavy (non-hydrogen) atoms. The monoisotopic (exact) mass is 561 g/mol. The minimum absolute atomic E-state index is 0. The van der Waals surface area contributed by atoms with Gasteiger partial charge in [-0.25, -0.2) is 11.2 Å². The number of halogens is 2. The molecule has 2 N–H and O–H groups in total. The first-order chi connectivity index (χ1) is 15.1. The summed E-state index contributed by atoms with van der Waals surface area (Å²) in [6.07, 6.45) is 1.99. The Labute approximate surface area is 228 Å². The topological polar surface area (TPSA) is 84.2 Å². The summed E-state index contributed by atoms with van der Waals surface area (Å²) >= 11 is 12.1. The minimum atomic E-state index is -0.489. The summed E-state index contributed by atoms with van der Waals surface area (Å²) in [7, 11) is 0. The van der Waals surface area contributed by atoms with Gasteiger partial charge in [0.1, 0.15) is 0 Å². The normalized spacial score (nSPS) is 11.1. The van der Waals surface area contributed by atoms with Gasteiger partial charge in [-0.2, -0.15) is 5.10 Å². The Morgan fingerprint density at radius 2 is 1.73 bits per heavy atom. The summed E-state index contributed by atoms with van der Waals surface area (Å²) in [5.74, 6) is -0.385. The standard InChI is InChI=1S/C24H24Cl2N3O3.Y/c1-24(2,3)29-23(32)20(17(14-30)13-28-29)16-9-7-15(8-10-16)11-12-27-22(31)21-18(25)5-4-6-19(21)26;/h4-10,12-13,30H,11,14H2,1-3H3,(H,27,31);/q-1;. The summed E-state index contributed by atoms with van der Waals surface area (Å²) in [6.45, 7) is 7.02. The predicted molar refractivity (Wildman–Crippen MR) is 127 cm³/mol. The maximum Gasteiger partial charge on any atom is 0.275 e. The number of hydrogen-bond acceptors (Lipinski definition) is 4. The van der Waals surface area contributed by atoms with Crippen LogP contribution in [0.15, 0.2) is 53.5 Å². The number of aromatic nitrogens is 2. The van der Waals surface area contributed by atoms with E-state index in [1.165, 1.54) is 10.9 Å². The van der Waals surface area contributed by atoms with Crippen molar-refractivity contribution in [1.82, 2.24) is 15.1 Å². The van der Waals surface area contributed by atoms with Crippen molar-refractivity contribution in [2.24, 2.45) is 0 Å². The van der Waals surface area contributed by atoms with Gasteiger partial charge in [-0.3, -0.25) is 9.59 Å². The molecule has 0 aliphatic heterocycles. The third kappa shape index (κ3) is 6.52. The van der Waals surface area contributed by atoms with Crippen LogP contribution in [0.2, 0.25) is 10.0 Å². The van der Waals surface area contributed by atoms with Crippen LogP contribution < -0.4 is 10.9 Å². The second kappa shape index (κ2) is 11.7. The van der Waals surface area contributed by atoms with Crippen molar-refractivity contribution in [3.05, 3.63) is 92.3 Å². The molecule has 0 unspecified atom stereocenters. The molecule has 1 heterocycles. The maximum absolute atomic E-state index is 13.0. The van der Waals surface area contributed by atoms with Crippen molar-refractivity contribution >= 4 is 29.1 Å². The minimum Gasteiger partial charge on any atom is -0.501 e. The summed E-state index contributed by atoms with van der Waals surface area (Å²) in [5, 5.41) is 17.2. The molecule has 0 fully saturated rings. The third-order valence-corrected chi connectivity index (χ3v) is 5.50. The number of nitrogens with one attached hydrogen (secondary N) is 1. The fourth-order valence-electron chi connectivity index (χ4n) is 3.25. The molecule has 0 aliphatic carbocycles. The summed E-state index contributed by atoms with van der Waals surface area (Å²) in [6, 6.07) is 12.3. The molecule has 0 bridgehead atoms. The molecule has 0 saturated heterocycles. The zero-order chi connectivity index (χ0) is 23.5. The zero-order valence-corrected chi connectivity index (χ0v) is 23.0. The van der Waals surface area contributed by atoms with E-state index in [4.69, 9.17) is 23.2 Å². The number of aliphatic hydroxyl groups excluding tert-OH is 1. The molecule has 1 radical (unpaired) electrons. The van der Waals surface area contributed by atoms with Crippen molar-refractivity contribution in [2.75, 3.05) is 0 Å². The van der Waals surface area contributed by atoms with E-state index < -0.39 is 5.54 Å².